The third-order valence-corrected chi connectivity index (χ3v) is 3.77. The average Bonchev–Trinajstić information content (AvgIpc) is 2.52. The first-order chi connectivity index (χ1) is 10.2. The molecule has 1 amide bonds. The van der Waals surface area contributed by atoms with Gasteiger partial charge in [0, 0.05) is 32.6 Å². The highest BCUT2D eigenvalue weighted by Gasteiger charge is 2.08. The van der Waals surface area contributed by atoms with Gasteiger partial charge in [0.05, 0.1) is 0 Å². The van der Waals surface area contributed by atoms with E-state index in [1.165, 1.54) is 16.3 Å². The van der Waals surface area contributed by atoms with Gasteiger partial charge in [-0.2, -0.15) is 0 Å². The molecule has 0 aliphatic rings. The summed E-state index contributed by atoms with van der Waals surface area (Å²) in [6.07, 6.45) is 0.565. The Balaban J connectivity index is 1.81. The standard InChI is InChI=1S/C18H24N2O/c1-3-20(4-2)18(21)11-12-19-14-15-9-10-16-7-5-6-8-17(16)13-15/h5-10,13,19H,3-4,11-12,14H2,1-2H3. The van der Waals surface area contributed by atoms with E-state index in [0.717, 1.165) is 26.2 Å². The highest BCUT2D eigenvalue weighted by Crippen LogP contribution is 2.15. The number of amides is 1. The van der Waals surface area contributed by atoms with Crippen LogP contribution in [0.25, 0.3) is 10.8 Å². The topological polar surface area (TPSA) is 32.3 Å². The second kappa shape index (κ2) is 7.79. The molecule has 0 unspecified atom stereocenters. The van der Waals surface area contributed by atoms with Crippen molar-refractivity contribution in [3.05, 3.63) is 48.0 Å². The number of hydrogen-bond acceptors (Lipinski definition) is 2. The number of hydrogen-bond donors (Lipinski definition) is 1. The van der Waals surface area contributed by atoms with Gasteiger partial charge in [-0.25, -0.2) is 0 Å². The molecule has 0 aliphatic heterocycles. The lowest BCUT2D eigenvalue weighted by Crippen LogP contribution is -2.32. The molecule has 0 aliphatic carbocycles. The summed E-state index contributed by atoms with van der Waals surface area (Å²) < 4.78 is 0. The van der Waals surface area contributed by atoms with Crippen molar-refractivity contribution in [2.24, 2.45) is 0 Å². The minimum Gasteiger partial charge on any atom is -0.343 e. The van der Waals surface area contributed by atoms with Crippen molar-refractivity contribution in [3.8, 4) is 0 Å². The zero-order valence-electron chi connectivity index (χ0n) is 12.9. The number of fused-ring (bicyclic) bond motifs is 1. The lowest BCUT2D eigenvalue weighted by molar-refractivity contribution is -0.130. The molecule has 2 rings (SSSR count). The largest absolute Gasteiger partial charge is 0.343 e. The van der Waals surface area contributed by atoms with Crippen LogP contribution in [-0.4, -0.2) is 30.4 Å². The SMILES string of the molecule is CCN(CC)C(=O)CCNCc1ccc2ccccc2c1. The molecule has 0 radical (unpaired) electrons. The molecule has 0 spiro atoms. The normalized spacial score (nSPS) is 10.8. The van der Waals surface area contributed by atoms with Crippen LogP contribution in [0.2, 0.25) is 0 Å². The van der Waals surface area contributed by atoms with E-state index in [2.05, 4.69) is 47.8 Å². The molecule has 0 heterocycles. The minimum atomic E-state index is 0.228. The van der Waals surface area contributed by atoms with E-state index in [1.807, 2.05) is 18.7 Å². The van der Waals surface area contributed by atoms with Crippen molar-refractivity contribution < 1.29 is 4.79 Å². The van der Waals surface area contributed by atoms with E-state index in [9.17, 15) is 4.79 Å². The van der Waals surface area contributed by atoms with E-state index >= 15 is 0 Å². The van der Waals surface area contributed by atoms with Gasteiger partial charge in [0.1, 0.15) is 0 Å². The predicted octanol–water partition coefficient (Wildman–Crippen LogP) is 3.19. The summed E-state index contributed by atoms with van der Waals surface area (Å²) in [5, 5.41) is 5.88. The summed E-state index contributed by atoms with van der Waals surface area (Å²) in [4.78, 5) is 13.8. The van der Waals surface area contributed by atoms with Crippen molar-refractivity contribution in [1.29, 1.82) is 0 Å². The number of rotatable bonds is 7. The molecular weight excluding hydrogens is 260 g/mol. The zero-order valence-corrected chi connectivity index (χ0v) is 12.9. The average molecular weight is 284 g/mol. The number of carbonyl (C=O) groups is 1. The molecule has 3 nitrogen and oxygen atoms in total. The Labute approximate surface area is 127 Å². The van der Waals surface area contributed by atoms with Gasteiger partial charge >= 0.3 is 0 Å². The molecule has 0 saturated carbocycles. The van der Waals surface area contributed by atoms with Crippen molar-refractivity contribution in [2.75, 3.05) is 19.6 Å². The Morgan fingerprint density at radius 3 is 2.48 bits per heavy atom. The van der Waals surface area contributed by atoms with Gasteiger partial charge in [-0.3, -0.25) is 4.79 Å². The van der Waals surface area contributed by atoms with E-state index in [1.54, 1.807) is 0 Å². The Kier molecular flexibility index (Phi) is 5.76. The Bertz CT molecular complexity index is 591. The number of carbonyl (C=O) groups excluding carboxylic acids is 1. The highest BCUT2D eigenvalue weighted by atomic mass is 16.2. The molecule has 0 aromatic heterocycles. The van der Waals surface area contributed by atoms with E-state index in [4.69, 9.17) is 0 Å². The molecule has 2 aromatic carbocycles. The van der Waals surface area contributed by atoms with Crippen LogP contribution in [0.15, 0.2) is 42.5 Å². The summed E-state index contributed by atoms with van der Waals surface area (Å²) in [6, 6.07) is 14.9. The molecular formula is C18H24N2O. The van der Waals surface area contributed by atoms with Gasteiger partial charge in [-0.05, 0) is 36.2 Å². The number of nitrogens with zero attached hydrogens (tertiary/aromatic N) is 1. The van der Waals surface area contributed by atoms with Gasteiger partial charge in [0.15, 0.2) is 0 Å². The molecule has 112 valence electrons. The van der Waals surface area contributed by atoms with E-state index < -0.39 is 0 Å². The quantitative estimate of drug-likeness (QED) is 0.792. The van der Waals surface area contributed by atoms with Crippen LogP contribution < -0.4 is 5.32 Å². The maximum absolute atomic E-state index is 11.9. The van der Waals surface area contributed by atoms with Crippen LogP contribution >= 0.6 is 0 Å². The molecule has 3 heteroatoms. The molecule has 0 fully saturated rings. The summed E-state index contributed by atoms with van der Waals surface area (Å²) >= 11 is 0. The Hall–Kier alpha value is -1.87. The van der Waals surface area contributed by atoms with Gasteiger partial charge in [0.25, 0.3) is 0 Å². The molecule has 0 bridgehead atoms. The lowest BCUT2D eigenvalue weighted by atomic mass is 10.1. The summed E-state index contributed by atoms with van der Waals surface area (Å²) in [5.74, 6) is 0.228. The Morgan fingerprint density at radius 2 is 1.76 bits per heavy atom. The highest BCUT2D eigenvalue weighted by molar-refractivity contribution is 5.83. The summed E-state index contributed by atoms with van der Waals surface area (Å²) in [7, 11) is 0. The lowest BCUT2D eigenvalue weighted by Gasteiger charge is -2.18. The van der Waals surface area contributed by atoms with E-state index in [-0.39, 0.29) is 5.91 Å². The van der Waals surface area contributed by atoms with Crippen LogP contribution in [0.5, 0.6) is 0 Å². The van der Waals surface area contributed by atoms with Crippen LogP contribution in [-0.2, 0) is 11.3 Å². The van der Waals surface area contributed by atoms with Crippen molar-refractivity contribution in [2.45, 2.75) is 26.8 Å². The fourth-order valence-electron chi connectivity index (χ4n) is 2.51. The smallest absolute Gasteiger partial charge is 0.223 e. The summed E-state index contributed by atoms with van der Waals surface area (Å²) in [6.45, 7) is 7.15. The number of benzene rings is 2. The first-order valence-electron chi connectivity index (χ1n) is 7.70. The Morgan fingerprint density at radius 1 is 1.05 bits per heavy atom. The molecule has 2 aromatic rings. The van der Waals surface area contributed by atoms with Gasteiger partial charge in [-0.15, -0.1) is 0 Å². The molecule has 1 N–H and O–H groups in total. The van der Waals surface area contributed by atoms with Crippen molar-refractivity contribution >= 4 is 16.7 Å². The first kappa shape index (κ1) is 15.5. The predicted molar refractivity (Wildman–Crippen MR) is 88.2 cm³/mol. The summed E-state index contributed by atoms with van der Waals surface area (Å²) in [5.41, 5.74) is 1.25. The molecule has 21 heavy (non-hydrogen) atoms. The zero-order chi connectivity index (χ0) is 15.1. The third kappa shape index (κ3) is 4.30. The fraction of sp³-hybridized carbons (Fsp3) is 0.389. The van der Waals surface area contributed by atoms with Gasteiger partial charge in [0.2, 0.25) is 5.91 Å². The fourth-order valence-corrected chi connectivity index (χ4v) is 2.51. The van der Waals surface area contributed by atoms with Crippen LogP contribution in [0.4, 0.5) is 0 Å². The van der Waals surface area contributed by atoms with Gasteiger partial charge < -0.3 is 10.2 Å². The maximum Gasteiger partial charge on any atom is 0.223 e. The van der Waals surface area contributed by atoms with Crippen LogP contribution in [0, 0.1) is 0 Å². The maximum atomic E-state index is 11.9. The second-order valence-corrected chi connectivity index (χ2v) is 5.17. The van der Waals surface area contributed by atoms with Crippen LogP contribution in [0.3, 0.4) is 0 Å². The second-order valence-electron chi connectivity index (χ2n) is 5.17. The van der Waals surface area contributed by atoms with Gasteiger partial charge in [-0.1, -0.05) is 36.4 Å². The minimum absolute atomic E-state index is 0.228. The molecule has 0 atom stereocenters. The third-order valence-electron chi connectivity index (χ3n) is 3.77. The number of nitrogens with one attached hydrogen (secondary N) is 1. The monoisotopic (exact) mass is 284 g/mol. The first-order valence-corrected chi connectivity index (χ1v) is 7.70. The van der Waals surface area contributed by atoms with Crippen molar-refractivity contribution in [3.63, 3.8) is 0 Å². The van der Waals surface area contributed by atoms with E-state index in [0.29, 0.717) is 6.42 Å². The van der Waals surface area contributed by atoms with Crippen LogP contribution in [0.1, 0.15) is 25.8 Å². The molecule has 0 saturated heterocycles. The van der Waals surface area contributed by atoms with Crippen molar-refractivity contribution in [1.82, 2.24) is 10.2 Å².